The third-order valence-corrected chi connectivity index (χ3v) is 1.68. The van der Waals surface area contributed by atoms with Crippen LogP contribution in [0.2, 0.25) is 0 Å². The summed E-state index contributed by atoms with van der Waals surface area (Å²) < 4.78 is 0. The second-order valence-corrected chi connectivity index (χ2v) is 2.42. The third kappa shape index (κ3) is 1.41. The van der Waals surface area contributed by atoms with Crippen molar-refractivity contribution in [2.75, 3.05) is 5.73 Å². The molecule has 0 aliphatic heterocycles. The summed E-state index contributed by atoms with van der Waals surface area (Å²) in [6.07, 6.45) is 1.77. The molecule has 1 heterocycles. The zero-order valence-electron chi connectivity index (χ0n) is 6.40. The Labute approximate surface area is 81.2 Å². The highest BCUT2D eigenvalue weighted by Crippen LogP contribution is 2.17. The van der Waals surface area contributed by atoms with Gasteiger partial charge in [0, 0.05) is 17.3 Å². The van der Waals surface area contributed by atoms with E-state index in [0.29, 0.717) is 0 Å². The van der Waals surface area contributed by atoms with Crippen molar-refractivity contribution in [1.82, 2.24) is 4.98 Å². The first kappa shape index (κ1) is 9.00. The van der Waals surface area contributed by atoms with E-state index < -0.39 is 0 Å². The molecule has 0 aliphatic carbocycles. The maximum atomic E-state index is 5.72. The Hall–Kier alpha value is -1.09. The topological polar surface area (TPSA) is 38.9 Å². The number of aromatic nitrogens is 1. The van der Waals surface area contributed by atoms with Gasteiger partial charge in [-0.1, -0.05) is 6.07 Å². The van der Waals surface area contributed by atoms with Crippen molar-refractivity contribution < 1.29 is 0 Å². The van der Waals surface area contributed by atoms with Gasteiger partial charge in [-0.2, -0.15) is 0 Å². The van der Waals surface area contributed by atoms with E-state index in [4.69, 9.17) is 5.73 Å². The van der Waals surface area contributed by atoms with Gasteiger partial charge in [-0.15, -0.1) is 17.0 Å². The van der Waals surface area contributed by atoms with Gasteiger partial charge in [0.15, 0.2) is 0 Å². The van der Waals surface area contributed by atoms with E-state index in [9.17, 15) is 0 Å². The van der Waals surface area contributed by atoms with Crippen LogP contribution in [0.4, 0.5) is 5.69 Å². The number of fused-ring (bicyclic) bond motifs is 1. The molecular weight excluding hydrogens is 216 g/mol. The van der Waals surface area contributed by atoms with Crippen molar-refractivity contribution in [3.8, 4) is 0 Å². The van der Waals surface area contributed by atoms with Crippen LogP contribution >= 0.6 is 17.0 Å². The van der Waals surface area contributed by atoms with Crippen LogP contribution in [0.25, 0.3) is 10.9 Å². The maximum absolute atomic E-state index is 5.72. The van der Waals surface area contributed by atoms with Crippen LogP contribution in [0.15, 0.2) is 36.5 Å². The highest BCUT2D eigenvalue weighted by molar-refractivity contribution is 8.93. The van der Waals surface area contributed by atoms with Crippen LogP contribution in [-0.2, 0) is 0 Å². The van der Waals surface area contributed by atoms with E-state index in [-0.39, 0.29) is 17.0 Å². The van der Waals surface area contributed by atoms with Gasteiger partial charge < -0.3 is 5.73 Å². The quantitative estimate of drug-likeness (QED) is 0.699. The van der Waals surface area contributed by atoms with Crippen molar-refractivity contribution in [3.05, 3.63) is 36.5 Å². The summed E-state index contributed by atoms with van der Waals surface area (Å²) in [4.78, 5) is 4.16. The number of benzene rings is 1. The molecule has 0 bridgehead atoms. The Morgan fingerprint density at radius 2 is 1.92 bits per heavy atom. The van der Waals surface area contributed by atoms with Crippen molar-refractivity contribution in [1.29, 1.82) is 0 Å². The molecule has 2 nitrogen and oxygen atoms in total. The van der Waals surface area contributed by atoms with Crippen LogP contribution in [0.1, 0.15) is 0 Å². The molecule has 12 heavy (non-hydrogen) atoms. The highest BCUT2D eigenvalue weighted by atomic mass is 79.9. The summed E-state index contributed by atoms with van der Waals surface area (Å²) in [6.45, 7) is 0. The molecule has 0 saturated heterocycles. The van der Waals surface area contributed by atoms with Gasteiger partial charge in [-0.05, 0) is 24.3 Å². The zero-order valence-corrected chi connectivity index (χ0v) is 8.11. The smallest absolute Gasteiger partial charge is 0.0722 e. The highest BCUT2D eigenvalue weighted by Gasteiger charge is 1.94. The van der Waals surface area contributed by atoms with Crippen LogP contribution in [-0.4, -0.2) is 4.98 Å². The fraction of sp³-hybridized carbons (Fsp3) is 0. The number of nitrogen functional groups attached to an aromatic ring is 1. The predicted molar refractivity (Wildman–Crippen MR) is 56.5 cm³/mol. The van der Waals surface area contributed by atoms with Crippen molar-refractivity contribution >= 4 is 33.6 Å². The van der Waals surface area contributed by atoms with Crippen LogP contribution in [0.3, 0.4) is 0 Å². The minimum absolute atomic E-state index is 0. The molecule has 62 valence electrons. The molecule has 1 aromatic heterocycles. The lowest BCUT2D eigenvalue weighted by Gasteiger charge is -1.97. The van der Waals surface area contributed by atoms with Crippen molar-refractivity contribution in [2.45, 2.75) is 0 Å². The standard InChI is InChI=1S/C9H8N2.BrH/c10-8-4-1-5-9-7(8)3-2-6-11-9;/h1-6H,10H2;1H. The van der Waals surface area contributed by atoms with Crippen LogP contribution < -0.4 is 5.73 Å². The molecule has 2 N–H and O–H groups in total. The van der Waals surface area contributed by atoms with Gasteiger partial charge in [-0.3, -0.25) is 4.98 Å². The summed E-state index contributed by atoms with van der Waals surface area (Å²) in [5.74, 6) is 0. The summed E-state index contributed by atoms with van der Waals surface area (Å²) in [5, 5.41) is 1.02. The number of rotatable bonds is 0. The number of hydrogen-bond acceptors (Lipinski definition) is 2. The summed E-state index contributed by atoms with van der Waals surface area (Å²) in [6, 6.07) is 9.59. The van der Waals surface area contributed by atoms with E-state index in [1.54, 1.807) is 6.20 Å². The molecule has 0 atom stereocenters. The zero-order chi connectivity index (χ0) is 7.68. The van der Waals surface area contributed by atoms with E-state index in [1.807, 2.05) is 30.3 Å². The molecular formula is C9H9BrN2. The lowest BCUT2D eigenvalue weighted by Crippen LogP contribution is -1.86. The van der Waals surface area contributed by atoms with Crippen molar-refractivity contribution in [2.24, 2.45) is 0 Å². The Balaban J connectivity index is 0.000000720. The minimum atomic E-state index is 0. The van der Waals surface area contributed by atoms with E-state index in [2.05, 4.69) is 4.98 Å². The van der Waals surface area contributed by atoms with E-state index in [0.717, 1.165) is 16.6 Å². The molecule has 0 fully saturated rings. The lowest BCUT2D eigenvalue weighted by molar-refractivity contribution is 1.41. The molecule has 0 radical (unpaired) electrons. The second kappa shape index (κ2) is 3.54. The summed E-state index contributed by atoms with van der Waals surface area (Å²) in [7, 11) is 0. The maximum Gasteiger partial charge on any atom is 0.0722 e. The lowest BCUT2D eigenvalue weighted by atomic mass is 10.2. The summed E-state index contributed by atoms with van der Waals surface area (Å²) in [5.41, 5.74) is 7.46. The molecule has 3 heteroatoms. The van der Waals surface area contributed by atoms with Crippen molar-refractivity contribution in [3.63, 3.8) is 0 Å². The number of nitrogens with two attached hydrogens (primary N) is 1. The first-order valence-electron chi connectivity index (χ1n) is 3.47. The Morgan fingerprint density at radius 3 is 2.67 bits per heavy atom. The number of nitrogens with zero attached hydrogens (tertiary/aromatic N) is 1. The Morgan fingerprint density at radius 1 is 1.08 bits per heavy atom. The molecule has 0 aliphatic rings. The number of hydrogen-bond donors (Lipinski definition) is 1. The van der Waals surface area contributed by atoms with Gasteiger partial charge in [0.1, 0.15) is 0 Å². The third-order valence-electron chi connectivity index (χ3n) is 1.68. The van der Waals surface area contributed by atoms with Gasteiger partial charge >= 0.3 is 0 Å². The number of anilines is 1. The van der Waals surface area contributed by atoms with Gasteiger partial charge in [0.2, 0.25) is 0 Å². The van der Waals surface area contributed by atoms with Crippen LogP contribution in [0, 0.1) is 0 Å². The monoisotopic (exact) mass is 224 g/mol. The van der Waals surface area contributed by atoms with E-state index in [1.165, 1.54) is 0 Å². The molecule has 0 amide bonds. The normalized spacial score (nSPS) is 9.33. The number of halogens is 1. The molecule has 2 aromatic rings. The Kier molecular flexibility index (Phi) is 2.65. The Bertz CT molecular complexity index is 382. The fourth-order valence-corrected chi connectivity index (χ4v) is 1.13. The molecule has 0 unspecified atom stereocenters. The molecule has 1 aromatic carbocycles. The SMILES string of the molecule is Br.Nc1cccc2ncccc12. The largest absolute Gasteiger partial charge is 0.398 e. The summed E-state index contributed by atoms with van der Waals surface area (Å²) >= 11 is 0. The first-order valence-corrected chi connectivity index (χ1v) is 3.47. The average Bonchev–Trinajstić information content (AvgIpc) is 2.06. The number of pyridine rings is 1. The second-order valence-electron chi connectivity index (χ2n) is 2.42. The van der Waals surface area contributed by atoms with Gasteiger partial charge in [-0.25, -0.2) is 0 Å². The molecule has 0 saturated carbocycles. The van der Waals surface area contributed by atoms with Gasteiger partial charge in [0.25, 0.3) is 0 Å². The van der Waals surface area contributed by atoms with E-state index >= 15 is 0 Å². The van der Waals surface area contributed by atoms with Crippen LogP contribution in [0.5, 0.6) is 0 Å². The molecule has 2 rings (SSSR count). The first-order chi connectivity index (χ1) is 5.38. The predicted octanol–water partition coefficient (Wildman–Crippen LogP) is 2.39. The van der Waals surface area contributed by atoms with Gasteiger partial charge in [0.05, 0.1) is 5.52 Å². The fourth-order valence-electron chi connectivity index (χ4n) is 1.13. The molecule has 0 spiro atoms. The average molecular weight is 225 g/mol. The minimum Gasteiger partial charge on any atom is -0.398 e.